The molecule has 0 amide bonds. The number of para-hydroxylation sites is 1. The molecule has 0 aliphatic heterocycles. The molecule has 0 fully saturated rings. The third kappa shape index (κ3) is 2.76. The Morgan fingerprint density at radius 3 is 2.45 bits per heavy atom. The van der Waals surface area contributed by atoms with Gasteiger partial charge in [-0.05, 0) is 18.6 Å². The van der Waals surface area contributed by atoms with Crippen LogP contribution < -0.4 is 0 Å². The van der Waals surface area contributed by atoms with Crippen molar-refractivity contribution in [3.8, 4) is 11.1 Å². The Bertz CT molecular complexity index is 806. The first-order valence-electron chi connectivity index (χ1n) is 7.02. The summed E-state index contributed by atoms with van der Waals surface area (Å²) in [6, 6.07) is 18.6. The van der Waals surface area contributed by atoms with Crippen LogP contribution in [0.2, 0.25) is 0 Å². The van der Waals surface area contributed by atoms with Gasteiger partial charge < -0.3 is 4.42 Å². The van der Waals surface area contributed by atoms with E-state index in [1.165, 1.54) is 6.07 Å². The fraction of sp³-hybridized carbons (Fsp3) is 0.111. The van der Waals surface area contributed by atoms with Crippen LogP contribution in [-0.4, -0.2) is 4.92 Å². The van der Waals surface area contributed by atoms with E-state index >= 15 is 0 Å². The van der Waals surface area contributed by atoms with Crippen molar-refractivity contribution >= 4 is 5.69 Å². The number of benzene rings is 2. The minimum atomic E-state index is -0.354. The number of furan rings is 1. The molecule has 4 nitrogen and oxygen atoms in total. The Kier molecular flexibility index (Phi) is 3.74. The first kappa shape index (κ1) is 14.1. The van der Waals surface area contributed by atoms with Gasteiger partial charge >= 0.3 is 0 Å². The average Bonchev–Trinajstić information content (AvgIpc) is 2.89. The van der Waals surface area contributed by atoms with Crippen molar-refractivity contribution in [1.82, 2.24) is 0 Å². The monoisotopic (exact) mass is 293 g/mol. The van der Waals surface area contributed by atoms with Crippen molar-refractivity contribution in [2.24, 2.45) is 0 Å². The lowest BCUT2D eigenvalue weighted by Gasteiger charge is -2.04. The number of nitro groups is 1. The summed E-state index contributed by atoms with van der Waals surface area (Å²) in [5.74, 6) is 1.55. The fourth-order valence-corrected chi connectivity index (χ4v) is 2.57. The molecule has 0 aliphatic rings. The smallest absolute Gasteiger partial charge is 0.273 e. The average molecular weight is 293 g/mol. The van der Waals surface area contributed by atoms with Gasteiger partial charge in [0.1, 0.15) is 11.5 Å². The molecule has 0 N–H and O–H groups in total. The fourth-order valence-electron chi connectivity index (χ4n) is 2.57. The van der Waals surface area contributed by atoms with E-state index in [0.29, 0.717) is 12.0 Å². The summed E-state index contributed by atoms with van der Waals surface area (Å²) in [5.41, 5.74) is 2.80. The molecular weight excluding hydrogens is 278 g/mol. The highest BCUT2D eigenvalue weighted by Gasteiger charge is 2.17. The molecule has 0 unspecified atom stereocenters. The molecule has 22 heavy (non-hydrogen) atoms. The minimum absolute atomic E-state index is 0.121. The van der Waals surface area contributed by atoms with Crippen LogP contribution in [0, 0.1) is 17.0 Å². The molecule has 2 aromatic carbocycles. The molecule has 110 valence electrons. The van der Waals surface area contributed by atoms with Gasteiger partial charge in [0.15, 0.2) is 0 Å². The molecule has 1 aromatic heterocycles. The molecule has 3 rings (SSSR count). The number of hydrogen-bond acceptors (Lipinski definition) is 3. The second-order valence-electron chi connectivity index (χ2n) is 5.12. The molecule has 0 atom stereocenters. The van der Waals surface area contributed by atoms with Gasteiger partial charge in [0.25, 0.3) is 5.69 Å². The van der Waals surface area contributed by atoms with Gasteiger partial charge in [-0.1, -0.05) is 48.5 Å². The highest BCUT2D eigenvalue weighted by Crippen LogP contribution is 2.31. The van der Waals surface area contributed by atoms with Gasteiger partial charge in [-0.3, -0.25) is 10.1 Å². The summed E-state index contributed by atoms with van der Waals surface area (Å²) in [4.78, 5) is 10.8. The predicted octanol–water partition coefficient (Wildman–Crippen LogP) is 4.75. The number of aryl methyl sites for hydroxylation is 1. The van der Waals surface area contributed by atoms with Crippen LogP contribution in [0.1, 0.15) is 17.1 Å². The van der Waals surface area contributed by atoms with Gasteiger partial charge in [-0.2, -0.15) is 0 Å². The Hall–Kier alpha value is -2.88. The summed E-state index contributed by atoms with van der Waals surface area (Å²) in [5, 5.41) is 11.1. The van der Waals surface area contributed by atoms with Crippen LogP contribution >= 0.6 is 0 Å². The number of rotatable bonds is 4. The maximum Gasteiger partial charge on any atom is 0.273 e. The summed E-state index contributed by atoms with van der Waals surface area (Å²) < 4.78 is 5.79. The van der Waals surface area contributed by atoms with E-state index in [9.17, 15) is 10.1 Å². The zero-order chi connectivity index (χ0) is 15.5. The van der Waals surface area contributed by atoms with E-state index in [1.54, 1.807) is 18.2 Å². The molecule has 0 bridgehead atoms. The SMILES string of the molecule is Cc1cc(-c2ccccc2)c(Cc2ccccc2[N+](=O)[O-])o1. The van der Waals surface area contributed by atoms with E-state index in [2.05, 4.69) is 0 Å². The van der Waals surface area contributed by atoms with E-state index in [4.69, 9.17) is 4.42 Å². The molecule has 1 heterocycles. The Morgan fingerprint density at radius 2 is 1.73 bits per heavy atom. The maximum atomic E-state index is 11.1. The third-order valence-corrected chi connectivity index (χ3v) is 3.56. The molecule has 4 heteroatoms. The lowest BCUT2D eigenvalue weighted by Crippen LogP contribution is -1.96. The molecule has 0 saturated heterocycles. The minimum Gasteiger partial charge on any atom is -0.465 e. The second kappa shape index (κ2) is 5.85. The van der Waals surface area contributed by atoms with Crippen LogP contribution in [0.25, 0.3) is 11.1 Å². The standard InChI is InChI=1S/C18H15NO3/c1-13-11-16(14-7-3-2-4-8-14)18(22-13)12-15-9-5-6-10-17(15)19(20)21/h2-11H,12H2,1H3. The highest BCUT2D eigenvalue weighted by molar-refractivity contribution is 5.67. The lowest BCUT2D eigenvalue weighted by molar-refractivity contribution is -0.385. The van der Waals surface area contributed by atoms with Gasteiger partial charge in [0.05, 0.1) is 4.92 Å². The quantitative estimate of drug-likeness (QED) is 0.515. The lowest BCUT2D eigenvalue weighted by atomic mass is 10.0. The van der Waals surface area contributed by atoms with E-state index in [1.807, 2.05) is 43.3 Å². The van der Waals surface area contributed by atoms with Crippen molar-refractivity contribution in [3.05, 3.63) is 87.9 Å². The van der Waals surface area contributed by atoms with Crippen molar-refractivity contribution < 1.29 is 9.34 Å². The third-order valence-electron chi connectivity index (χ3n) is 3.56. The van der Waals surface area contributed by atoms with Gasteiger partial charge in [-0.15, -0.1) is 0 Å². The normalized spacial score (nSPS) is 10.6. The van der Waals surface area contributed by atoms with E-state index in [0.717, 1.165) is 22.6 Å². The number of nitro benzene ring substituents is 1. The number of nitrogens with zero attached hydrogens (tertiary/aromatic N) is 1. The van der Waals surface area contributed by atoms with Gasteiger partial charge in [-0.25, -0.2) is 0 Å². The Balaban J connectivity index is 2.03. The van der Waals surface area contributed by atoms with Gasteiger partial charge in [0, 0.05) is 23.6 Å². The Labute approximate surface area is 128 Å². The van der Waals surface area contributed by atoms with Crippen LogP contribution in [0.15, 0.2) is 65.1 Å². The molecular formula is C18H15NO3. The van der Waals surface area contributed by atoms with Crippen LogP contribution in [0.5, 0.6) is 0 Å². The molecule has 0 radical (unpaired) electrons. The van der Waals surface area contributed by atoms with Crippen molar-refractivity contribution in [3.63, 3.8) is 0 Å². The zero-order valence-corrected chi connectivity index (χ0v) is 12.2. The predicted molar refractivity (Wildman–Crippen MR) is 84.8 cm³/mol. The topological polar surface area (TPSA) is 56.3 Å². The summed E-state index contributed by atoms with van der Waals surface area (Å²) in [6.07, 6.45) is 0.398. The van der Waals surface area contributed by atoms with E-state index in [-0.39, 0.29) is 10.6 Å². The van der Waals surface area contributed by atoms with Gasteiger partial charge in [0.2, 0.25) is 0 Å². The Morgan fingerprint density at radius 1 is 1.05 bits per heavy atom. The highest BCUT2D eigenvalue weighted by atomic mass is 16.6. The number of hydrogen-bond donors (Lipinski definition) is 0. The zero-order valence-electron chi connectivity index (χ0n) is 12.2. The van der Waals surface area contributed by atoms with Crippen LogP contribution in [0.3, 0.4) is 0 Å². The maximum absolute atomic E-state index is 11.1. The first-order chi connectivity index (χ1) is 10.6. The molecule has 0 aliphatic carbocycles. The van der Waals surface area contributed by atoms with E-state index < -0.39 is 0 Å². The molecule has 0 saturated carbocycles. The molecule has 3 aromatic rings. The van der Waals surface area contributed by atoms with Crippen molar-refractivity contribution in [1.29, 1.82) is 0 Å². The summed E-state index contributed by atoms with van der Waals surface area (Å²) in [7, 11) is 0. The summed E-state index contributed by atoms with van der Waals surface area (Å²) in [6.45, 7) is 1.88. The molecule has 0 spiro atoms. The first-order valence-corrected chi connectivity index (χ1v) is 7.02. The van der Waals surface area contributed by atoms with Crippen molar-refractivity contribution in [2.45, 2.75) is 13.3 Å². The van der Waals surface area contributed by atoms with Crippen LogP contribution in [0.4, 0.5) is 5.69 Å². The van der Waals surface area contributed by atoms with Crippen LogP contribution in [-0.2, 0) is 6.42 Å². The van der Waals surface area contributed by atoms with Crippen molar-refractivity contribution in [2.75, 3.05) is 0 Å². The second-order valence-corrected chi connectivity index (χ2v) is 5.12. The summed E-state index contributed by atoms with van der Waals surface area (Å²) >= 11 is 0. The largest absolute Gasteiger partial charge is 0.465 e.